The highest BCUT2D eigenvalue weighted by Gasteiger charge is 2.41. The summed E-state index contributed by atoms with van der Waals surface area (Å²) in [6.07, 6.45) is 1.32. The number of benzene rings is 3. The molecule has 5 nitrogen and oxygen atoms in total. The fraction of sp³-hybridized carbons (Fsp3) is 0.345. The molecule has 0 bridgehead atoms. The molecule has 2 saturated heterocycles. The van der Waals surface area contributed by atoms with Gasteiger partial charge in [0.25, 0.3) is 0 Å². The quantitative estimate of drug-likeness (QED) is 0.507. The average Bonchev–Trinajstić information content (AvgIpc) is 2.91. The fourth-order valence-electron chi connectivity index (χ4n) is 5.15. The first-order valence-corrected chi connectivity index (χ1v) is 12.8. The van der Waals surface area contributed by atoms with E-state index in [2.05, 4.69) is 57.6 Å². The molecule has 182 valence electrons. The number of piperazine rings is 1. The number of nitrogens with zero attached hydrogens (tertiary/aromatic N) is 2. The van der Waals surface area contributed by atoms with Crippen LogP contribution in [0.15, 0.2) is 78.9 Å². The highest BCUT2D eigenvalue weighted by Crippen LogP contribution is 2.37. The van der Waals surface area contributed by atoms with Gasteiger partial charge >= 0.3 is 0 Å². The monoisotopic (exact) mass is 489 g/mol. The molecule has 5 rings (SSSR count). The molecule has 0 aliphatic carbocycles. The summed E-state index contributed by atoms with van der Waals surface area (Å²) in [7, 11) is 0. The molecule has 2 aliphatic rings. The van der Waals surface area contributed by atoms with Crippen molar-refractivity contribution in [2.75, 3.05) is 49.6 Å². The zero-order valence-corrected chi connectivity index (χ0v) is 20.7. The van der Waals surface area contributed by atoms with Gasteiger partial charge in [-0.2, -0.15) is 0 Å². The Hall–Kier alpha value is -2.86. The van der Waals surface area contributed by atoms with Gasteiger partial charge in [0, 0.05) is 62.3 Å². The maximum Gasteiger partial charge on any atom is 0.235 e. The summed E-state index contributed by atoms with van der Waals surface area (Å²) in [5.41, 5.74) is 3.77. The van der Waals surface area contributed by atoms with Crippen LogP contribution in [0.25, 0.3) is 0 Å². The Balaban J connectivity index is 1.21. The van der Waals surface area contributed by atoms with Crippen LogP contribution in [-0.2, 0) is 21.5 Å². The molecule has 1 amide bonds. The predicted octanol–water partition coefficient (Wildman–Crippen LogP) is 5.35. The second-order valence-electron chi connectivity index (χ2n) is 9.45. The molecule has 3 aromatic carbocycles. The Morgan fingerprint density at radius 1 is 0.857 bits per heavy atom. The van der Waals surface area contributed by atoms with Crippen molar-refractivity contribution in [2.45, 2.75) is 24.8 Å². The van der Waals surface area contributed by atoms with Crippen molar-refractivity contribution in [3.8, 4) is 0 Å². The van der Waals surface area contributed by atoms with Gasteiger partial charge in [-0.25, -0.2) is 0 Å². The molecule has 3 aromatic rings. The third-order valence-electron chi connectivity index (χ3n) is 7.29. The van der Waals surface area contributed by atoms with Crippen molar-refractivity contribution in [3.05, 3.63) is 95.0 Å². The molecule has 0 spiro atoms. The van der Waals surface area contributed by atoms with Crippen LogP contribution in [0.5, 0.6) is 0 Å². The Morgan fingerprint density at radius 3 is 2.17 bits per heavy atom. The number of rotatable bonds is 6. The molecule has 0 aromatic heterocycles. The van der Waals surface area contributed by atoms with Gasteiger partial charge in [0.1, 0.15) is 0 Å². The van der Waals surface area contributed by atoms with Crippen molar-refractivity contribution in [2.24, 2.45) is 0 Å². The fourth-order valence-corrected chi connectivity index (χ4v) is 5.27. The maximum absolute atomic E-state index is 13.5. The van der Waals surface area contributed by atoms with Gasteiger partial charge in [0.2, 0.25) is 5.91 Å². The summed E-state index contributed by atoms with van der Waals surface area (Å²) >= 11 is 6.10. The zero-order valence-electron chi connectivity index (χ0n) is 20.0. The van der Waals surface area contributed by atoms with Crippen LogP contribution in [0.4, 0.5) is 11.4 Å². The molecule has 6 heteroatoms. The highest BCUT2D eigenvalue weighted by molar-refractivity contribution is 6.30. The Labute approximate surface area is 212 Å². The summed E-state index contributed by atoms with van der Waals surface area (Å²) in [6.45, 7) is 6.23. The number of amides is 1. The van der Waals surface area contributed by atoms with Gasteiger partial charge in [-0.15, -0.1) is 0 Å². The highest BCUT2D eigenvalue weighted by atomic mass is 35.5. The lowest BCUT2D eigenvalue weighted by molar-refractivity contribution is -0.125. The molecule has 0 radical (unpaired) electrons. The summed E-state index contributed by atoms with van der Waals surface area (Å²) in [6, 6.07) is 26.5. The van der Waals surface area contributed by atoms with Crippen LogP contribution in [0.1, 0.15) is 24.0 Å². The van der Waals surface area contributed by atoms with E-state index in [-0.39, 0.29) is 5.91 Å². The normalized spacial score (nSPS) is 18.3. The van der Waals surface area contributed by atoms with Crippen molar-refractivity contribution in [3.63, 3.8) is 0 Å². The SMILES string of the molecule is O=C(Nc1ccc(N2CCN(Cc3ccccc3)CC2)cc1)C1(c2ccc(Cl)cc2)CCOCC1. The van der Waals surface area contributed by atoms with E-state index < -0.39 is 5.41 Å². The summed E-state index contributed by atoms with van der Waals surface area (Å²) < 4.78 is 5.58. The van der Waals surface area contributed by atoms with Crippen LogP contribution < -0.4 is 10.2 Å². The number of anilines is 2. The molecule has 0 saturated carbocycles. The second kappa shape index (κ2) is 10.8. The summed E-state index contributed by atoms with van der Waals surface area (Å²) in [4.78, 5) is 18.5. The lowest BCUT2D eigenvalue weighted by Gasteiger charge is -2.37. The maximum atomic E-state index is 13.5. The molecule has 1 N–H and O–H groups in total. The summed E-state index contributed by atoms with van der Waals surface area (Å²) in [5.74, 6) is 0.0189. The molecule has 2 heterocycles. The van der Waals surface area contributed by atoms with E-state index >= 15 is 0 Å². The number of carbonyl (C=O) groups is 1. The van der Waals surface area contributed by atoms with E-state index in [0.717, 1.165) is 44.0 Å². The molecular weight excluding hydrogens is 458 g/mol. The first-order valence-electron chi connectivity index (χ1n) is 12.4. The first kappa shape index (κ1) is 23.9. The van der Waals surface area contributed by atoms with Gasteiger partial charge < -0.3 is 15.0 Å². The van der Waals surface area contributed by atoms with E-state index in [0.29, 0.717) is 31.1 Å². The van der Waals surface area contributed by atoms with Crippen LogP contribution in [-0.4, -0.2) is 50.2 Å². The molecule has 0 atom stereocenters. The molecule has 2 fully saturated rings. The van der Waals surface area contributed by atoms with Gasteiger partial charge in [-0.1, -0.05) is 54.1 Å². The zero-order chi connectivity index (χ0) is 24.1. The van der Waals surface area contributed by atoms with E-state index in [1.54, 1.807) is 0 Å². The second-order valence-corrected chi connectivity index (χ2v) is 9.89. The van der Waals surface area contributed by atoms with Gasteiger partial charge in [0.05, 0.1) is 5.41 Å². The predicted molar refractivity (Wildman–Crippen MR) is 142 cm³/mol. The number of ether oxygens (including phenoxy) is 1. The van der Waals surface area contributed by atoms with Crippen molar-refractivity contribution >= 4 is 28.9 Å². The number of halogens is 1. The van der Waals surface area contributed by atoms with Crippen molar-refractivity contribution < 1.29 is 9.53 Å². The minimum Gasteiger partial charge on any atom is -0.381 e. The van der Waals surface area contributed by atoms with Crippen LogP contribution in [0.2, 0.25) is 5.02 Å². The average molecular weight is 490 g/mol. The van der Waals surface area contributed by atoms with Crippen LogP contribution >= 0.6 is 11.6 Å². The molecule has 35 heavy (non-hydrogen) atoms. The lowest BCUT2D eigenvalue weighted by atomic mass is 9.73. The van der Waals surface area contributed by atoms with Crippen LogP contribution in [0.3, 0.4) is 0 Å². The number of carbonyl (C=O) groups excluding carboxylic acids is 1. The largest absolute Gasteiger partial charge is 0.381 e. The standard InChI is InChI=1S/C29H32ClN3O2/c30-25-8-6-24(7-9-25)29(14-20-35-21-15-29)28(34)31-26-10-12-27(13-11-26)33-18-16-32(17-19-33)22-23-4-2-1-3-5-23/h1-13H,14-22H2,(H,31,34). The van der Waals surface area contributed by atoms with Gasteiger partial charge in [0.15, 0.2) is 0 Å². The molecular formula is C29H32ClN3O2. The number of hydrogen-bond donors (Lipinski definition) is 1. The van der Waals surface area contributed by atoms with E-state index in [4.69, 9.17) is 16.3 Å². The molecule has 0 unspecified atom stereocenters. The van der Waals surface area contributed by atoms with Crippen LogP contribution in [0, 0.1) is 0 Å². The minimum absolute atomic E-state index is 0.0189. The molecule has 2 aliphatic heterocycles. The van der Waals surface area contributed by atoms with E-state index in [1.807, 2.05) is 36.4 Å². The number of nitrogens with one attached hydrogen (secondary N) is 1. The topological polar surface area (TPSA) is 44.8 Å². The summed E-state index contributed by atoms with van der Waals surface area (Å²) in [5, 5.41) is 3.85. The van der Waals surface area contributed by atoms with Crippen molar-refractivity contribution in [1.29, 1.82) is 0 Å². The van der Waals surface area contributed by atoms with Gasteiger partial charge in [-0.05, 0) is 60.4 Å². The third-order valence-corrected chi connectivity index (χ3v) is 7.54. The minimum atomic E-state index is -0.601. The third kappa shape index (κ3) is 5.53. The Kier molecular flexibility index (Phi) is 7.37. The Morgan fingerprint density at radius 2 is 1.51 bits per heavy atom. The first-order chi connectivity index (χ1) is 17.1. The van der Waals surface area contributed by atoms with E-state index in [9.17, 15) is 4.79 Å². The van der Waals surface area contributed by atoms with E-state index in [1.165, 1.54) is 11.3 Å². The smallest absolute Gasteiger partial charge is 0.235 e. The Bertz CT molecular complexity index is 1100. The van der Waals surface area contributed by atoms with Gasteiger partial charge in [-0.3, -0.25) is 9.69 Å². The number of hydrogen-bond acceptors (Lipinski definition) is 4. The van der Waals surface area contributed by atoms with Crippen molar-refractivity contribution in [1.82, 2.24) is 4.90 Å². The lowest BCUT2D eigenvalue weighted by Crippen LogP contribution is -2.46.